The summed E-state index contributed by atoms with van der Waals surface area (Å²) in [5.74, 6) is -1.05. The number of allylic oxidation sites excluding steroid dienone is 1. The van der Waals surface area contributed by atoms with E-state index in [-0.39, 0.29) is 17.0 Å². The van der Waals surface area contributed by atoms with E-state index in [2.05, 4.69) is 40.6 Å². The van der Waals surface area contributed by atoms with Crippen LogP contribution in [0.2, 0.25) is 0 Å². The van der Waals surface area contributed by atoms with Crippen molar-refractivity contribution in [2.75, 3.05) is 19.6 Å². The summed E-state index contributed by atoms with van der Waals surface area (Å²) in [5.41, 5.74) is 0.306. The summed E-state index contributed by atoms with van der Waals surface area (Å²) in [6, 6.07) is 18.8. The summed E-state index contributed by atoms with van der Waals surface area (Å²) in [4.78, 5) is 15.6. The first-order valence-electron chi connectivity index (χ1n) is 13.6. The molecule has 0 saturated carbocycles. The molecule has 216 valence electrons. The molecule has 1 N–H and O–H groups in total. The van der Waals surface area contributed by atoms with Crippen LogP contribution in [-0.2, 0) is 29.1 Å². The quantitative estimate of drug-likeness (QED) is 0.296. The predicted molar refractivity (Wildman–Crippen MR) is 145 cm³/mol. The molecule has 3 nitrogen and oxygen atoms in total. The Bertz CT molecular complexity index is 1370. The second-order valence-corrected chi connectivity index (χ2v) is 10.8. The average molecular weight is 573 g/mol. The van der Waals surface area contributed by atoms with Crippen molar-refractivity contribution in [3.63, 3.8) is 0 Å². The number of nitrogens with one attached hydrogen (secondary N) is 1. The number of alkyl halides is 6. The maximum atomic E-state index is 13.3. The third kappa shape index (κ3) is 6.50. The zero-order valence-corrected chi connectivity index (χ0v) is 22.2. The highest BCUT2D eigenvalue weighted by Crippen LogP contribution is 2.43. The van der Waals surface area contributed by atoms with E-state index >= 15 is 0 Å². The van der Waals surface area contributed by atoms with Crippen LogP contribution in [-0.4, -0.2) is 30.4 Å². The first kappa shape index (κ1) is 28.9. The van der Waals surface area contributed by atoms with Gasteiger partial charge in [-0.15, -0.1) is 0 Å². The van der Waals surface area contributed by atoms with Crippen LogP contribution in [0.3, 0.4) is 0 Å². The zero-order chi connectivity index (χ0) is 29.3. The molecule has 1 aliphatic carbocycles. The standard InChI is InChI=1S/C32H30F6N2O/c33-31(34,35)25-18-22(19-26(20-25)32(36,37)38)21-39-29(41)27(23-6-2-1-3-7-23)11-15-40-16-13-30(14-17-40)12-10-24-8-4-5-9-28(24)30/h1-10,12,18-20,27H,11,13-17,21H2,(H,39,41). The summed E-state index contributed by atoms with van der Waals surface area (Å²) in [5, 5.41) is 2.59. The molecule has 41 heavy (non-hydrogen) atoms. The lowest BCUT2D eigenvalue weighted by atomic mass is 9.74. The van der Waals surface area contributed by atoms with Crippen LogP contribution in [0.5, 0.6) is 0 Å². The van der Waals surface area contributed by atoms with Crippen molar-refractivity contribution in [1.82, 2.24) is 10.2 Å². The van der Waals surface area contributed by atoms with Crippen molar-refractivity contribution in [1.29, 1.82) is 0 Å². The number of likely N-dealkylation sites (tertiary alicyclic amines) is 1. The fourth-order valence-electron chi connectivity index (χ4n) is 5.93. The first-order valence-corrected chi connectivity index (χ1v) is 13.6. The Morgan fingerprint density at radius 3 is 2.10 bits per heavy atom. The maximum absolute atomic E-state index is 13.3. The number of fused-ring (bicyclic) bond motifs is 2. The van der Waals surface area contributed by atoms with Gasteiger partial charge in [-0.25, -0.2) is 0 Å². The lowest BCUT2D eigenvalue weighted by molar-refractivity contribution is -0.143. The number of rotatable bonds is 7. The smallest absolute Gasteiger partial charge is 0.351 e. The van der Waals surface area contributed by atoms with Crippen molar-refractivity contribution in [3.8, 4) is 0 Å². The van der Waals surface area contributed by atoms with Crippen LogP contribution in [0, 0.1) is 0 Å². The zero-order valence-electron chi connectivity index (χ0n) is 22.2. The Kier molecular flexibility index (Phi) is 8.01. The van der Waals surface area contributed by atoms with Crippen LogP contribution < -0.4 is 5.32 Å². The Labute approximate surface area is 234 Å². The molecule has 0 aromatic heterocycles. The predicted octanol–water partition coefficient (Wildman–Crippen LogP) is 7.57. The molecule has 5 rings (SSSR count). The molecule has 1 amide bonds. The maximum Gasteiger partial charge on any atom is 0.416 e. The van der Waals surface area contributed by atoms with Gasteiger partial charge in [-0.05, 0) is 79.3 Å². The van der Waals surface area contributed by atoms with Crippen molar-refractivity contribution < 1.29 is 31.1 Å². The lowest BCUT2D eigenvalue weighted by Gasteiger charge is -2.39. The molecule has 2 aliphatic rings. The van der Waals surface area contributed by atoms with E-state index in [1.807, 2.05) is 24.3 Å². The first-order chi connectivity index (χ1) is 19.4. The van der Waals surface area contributed by atoms with E-state index in [4.69, 9.17) is 0 Å². The van der Waals surface area contributed by atoms with Gasteiger partial charge in [-0.2, -0.15) is 26.3 Å². The van der Waals surface area contributed by atoms with E-state index < -0.39 is 41.8 Å². The highest BCUT2D eigenvalue weighted by molar-refractivity contribution is 5.83. The summed E-state index contributed by atoms with van der Waals surface area (Å²) in [6.45, 7) is 1.89. The van der Waals surface area contributed by atoms with Crippen molar-refractivity contribution in [3.05, 3.63) is 112 Å². The number of carbonyl (C=O) groups excluding carboxylic acids is 1. The number of nitrogens with zero attached hydrogens (tertiary/aromatic N) is 1. The number of carbonyl (C=O) groups is 1. The molecule has 1 atom stereocenters. The fraction of sp³-hybridized carbons (Fsp3) is 0.344. The molecule has 1 spiro atoms. The minimum absolute atomic E-state index is 0.0313. The summed E-state index contributed by atoms with van der Waals surface area (Å²) in [6.07, 6.45) is -3.03. The van der Waals surface area contributed by atoms with Crippen LogP contribution in [0.4, 0.5) is 26.3 Å². The molecule has 3 aromatic carbocycles. The van der Waals surface area contributed by atoms with Gasteiger partial charge in [-0.1, -0.05) is 66.7 Å². The van der Waals surface area contributed by atoms with Gasteiger partial charge in [0.1, 0.15) is 0 Å². The number of benzene rings is 3. The molecule has 0 radical (unpaired) electrons. The minimum Gasteiger partial charge on any atom is -0.351 e. The molecule has 1 fully saturated rings. The van der Waals surface area contributed by atoms with Gasteiger partial charge in [0.05, 0.1) is 17.0 Å². The van der Waals surface area contributed by atoms with Crippen LogP contribution in [0.1, 0.15) is 58.6 Å². The van der Waals surface area contributed by atoms with Gasteiger partial charge in [0.2, 0.25) is 5.91 Å². The van der Waals surface area contributed by atoms with Crippen LogP contribution >= 0.6 is 0 Å². The highest BCUT2D eigenvalue weighted by Gasteiger charge is 2.39. The number of piperidine rings is 1. The number of hydrogen-bond donors (Lipinski definition) is 1. The average Bonchev–Trinajstić information content (AvgIpc) is 3.30. The molecule has 0 bridgehead atoms. The normalized spacial score (nSPS) is 17.4. The molecule has 1 unspecified atom stereocenters. The van der Waals surface area contributed by atoms with E-state index in [0.717, 1.165) is 31.5 Å². The van der Waals surface area contributed by atoms with Gasteiger partial charge >= 0.3 is 12.4 Å². The fourth-order valence-corrected chi connectivity index (χ4v) is 5.93. The van der Waals surface area contributed by atoms with Crippen molar-refractivity contribution in [2.24, 2.45) is 0 Å². The number of hydrogen-bond acceptors (Lipinski definition) is 2. The topological polar surface area (TPSA) is 32.3 Å². The van der Waals surface area contributed by atoms with Crippen molar-refractivity contribution >= 4 is 12.0 Å². The summed E-state index contributed by atoms with van der Waals surface area (Å²) >= 11 is 0. The van der Waals surface area contributed by atoms with Crippen LogP contribution in [0.25, 0.3) is 6.08 Å². The molecule has 1 heterocycles. The Balaban J connectivity index is 1.25. The third-order valence-electron chi connectivity index (χ3n) is 8.19. The second-order valence-electron chi connectivity index (χ2n) is 10.8. The summed E-state index contributed by atoms with van der Waals surface area (Å²) < 4.78 is 79.6. The van der Waals surface area contributed by atoms with Gasteiger partial charge in [-0.3, -0.25) is 4.79 Å². The second kappa shape index (κ2) is 11.4. The monoisotopic (exact) mass is 572 g/mol. The number of halogens is 6. The molecular formula is C32H30F6N2O. The number of amides is 1. The van der Waals surface area contributed by atoms with E-state index in [1.54, 1.807) is 12.1 Å². The molecule has 3 aromatic rings. The Morgan fingerprint density at radius 1 is 0.854 bits per heavy atom. The van der Waals surface area contributed by atoms with Gasteiger partial charge < -0.3 is 10.2 Å². The molecule has 1 saturated heterocycles. The molecule has 1 aliphatic heterocycles. The molecule has 9 heteroatoms. The van der Waals surface area contributed by atoms with Crippen LogP contribution in [0.15, 0.2) is 78.9 Å². The van der Waals surface area contributed by atoms with E-state index in [9.17, 15) is 31.1 Å². The van der Waals surface area contributed by atoms with Gasteiger partial charge in [0.15, 0.2) is 0 Å². The Morgan fingerprint density at radius 2 is 1.46 bits per heavy atom. The lowest BCUT2D eigenvalue weighted by Crippen LogP contribution is -2.42. The summed E-state index contributed by atoms with van der Waals surface area (Å²) in [7, 11) is 0. The van der Waals surface area contributed by atoms with E-state index in [0.29, 0.717) is 25.1 Å². The minimum atomic E-state index is -4.95. The Hall–Kier alpha value is -3.59. The van der Waals surface area contributed by atoms with Crippen molar-refractivity contribution in [2.45, 2.75) is 49.5 Å². The van der Waals surface area contributed by atoms with Gasteiger partial charge in [0.25, 0.3) is 0 Å². The third-order valence-corrected chi connectivity index (χ3v) is 8.19. The highest BCUT2D eigenvalue weighted by atomic mass is 19.4. The largest absolute Gasteiger partial charge is 0.416 e. The van der Waals surface area contributed by atoms with E-state index in [1.165, 1.54) is 11.1 Å². The van der Waals surface area contributed by atoms with Gasteiger partial charge in [0, 0.05) is 12.0 Å². The molecular weight excluding hydrogens is 542 g/mol. The SMILES string of the molecule is O=C(NCc1cc(C(F)(F)F)cc(C(F)(F)F)c1)C(CCN1CCC2(C=Cc3ccccc32)CC1)c1ccccc1.